The minimum absolute atomic E-state index is 0.0273. The second kappa shape index (κ2) is 8.64. The highest BCUT2D eigenvalue weighted by Gasteiger charge is 2.02. The van der Waals surface area contributed by atoms with E-state index in [9.17, 15) is 9.18 Å². The zero-order valence-corrected chi connectivity index (χ0v) is 13.0. The van der Waals surface area contributed by atoms with Crippen molar-refractivity contribution in [2.45, 2.75) is 0 Å². The maximum atomic E-state index is 12.3. The third-order valence-corrected chi connectivity index (χ3v) is 2.98. The number of hydrogen-bond acceptors (Lipinski definition) is 4. The zero-order chi connectivity index (χ0) is 16.5. The third kappa shape index (κ3) is 5.42. The molecule has 0 aliphatic heterocycles. The lowest BCUT2D eigenvalue weighted by Crippen LogP contribution is -2.11. The molecule has 0 amide bonds. The Bertz CT molecular complexity index is 710. The Hall–Kier alpha value is -2.59. The van der Waals surface area contributed by atoms with E-state index in [0.717, 1.165) is 12.3 Å². The summed E-state index contributed by atoms with van der Waals surface area (Å²) in [5.74, 6) is -0.626. The number of halogens is 2. The summed E-state index contributed by atoms with van der Waals surface area (Å²) in [6.07, 6.45) is 2.40. The van der Waals surface area contributed by atoms with Gasteiger partial charge in [-0.1, -0.05) is 28.1 Å². The highest BCUT2D eigenvalue weighted by molar-refractivity contribution is 9.09. The van der Waals surface area contributed by atoms with Crippen LogP contribution in [-0.2, 0) is 0 Å². The molecular formula is C15H12BrFN4O. The van der Waals surface area contributed by atoms with E-state index in [-0.39, 0.29) is 11.6 Å². The molecule has 0 saturated carbocycles. The summed E-state index contributed by atoms with van der Waals surface area (Å²) in [5, 5.41) is 15.7. The highest BCUT2D eigenvalue weighted by atomic mass is 79.9. The van der Waals surface area contributed by atoms with Gasteiger partial charge in [0.2, 0.25) is 0 Å². The average molecular weight is 363 g/mol. The predicted octanol–water partition coefficient (Wildman–Crippen LogP) is 2.64. The average Bonchev–Trinajstić information content (AvgIpc) is 2.54. The second-order valence-corrected chi connectivity index (χ2v) is 4.61. The van der Waals surface area contributed by atoms with Crippen LogP contribution >= 0.6 is 15.9 Å². The first kappa shape index (κ1) is 17.5. The fraction of sp³-hybridized carbons (Fsp3) is 0.0667. The fourth-order valence-corrected chi connectivity index (χ4v) is 1.69. The Morgan fingerprint density at radius 2 is 1.95 bits per heavy atom. The molecule has 1 aromatic carbocycles. The number of aromatic nitrogens is 1. The van der Waals surface area contributed by atoms with Crippen LogP contribution in [0.4, 0.5) is 4.39 Å². The van der Waals surface area contributed by atoms with Gasteiger partial charge in [0.05, 0.1) is 23.2 Å². The van der Waals surface area contributed by atoms with Crippen LogP contribution in [-0.4, -0.2) is 21.9 Å². The Kier molecular flexibility index (Phi) is 6.86. The van der Waals surface area contributed by atoms with Gasteiger partial charge in [0.15, 0.2) is 5.78 Å². The smallest absolute Gasteiger partial charge is 0.173 e. The number of carbonyl (C=O) groups excluding carboxylic acids is 1. The summed E-state index contributed by atoms with van der Waals surface area (Å²) in [4.78, 5) is 14.6. The molecule has 1 heterocycles. The summed E-state index contributed by atoms with van der Waals surface area (Å²) in [5.41, 5.74) is 6.57. The van der Waals surface area contributed by atoms with E-state index in [1.807, 2.05) is 6.07 Å². The van der Waals surface area contributed by atoms with Crippen LogP contribution in [0.15, 0.2) is 42.7 Å². The number of nitrogen functional groups attached to an aromatic ring is 1. The van der Waals surface area contributed by atoms with Crippen molar-refractivity contribution in [2.24, 2.45) is 5.73 Å². The number of rotatable bonds is 3. The van der Waals surface area contributed by atoms with E-state index >= 15 is 0 Å². The van der Waals surface area contributed by atoms with Crippen molar-refractivity contribution >= 4 is 27.5 Å². The number of benzene rings is 1. The number of carbonyl (C=O) groups is 1. The number of nitrogens with zero attached hydrogens (tertiary/aromatic N) is 2. The number of hydrogen-bond donors (Lipinski definition) is 2. The standard InChI is InChI=1S/C9H6BrNO.C6H6FN3/c10-5-9(12)8-3-1-7(6-11)2-4-8;7-5-1-4(6(8)9)2-10-3-5/h1-4H,5H2;1-3H,(H3,8,9). The molecule has 0 atom stereocenters. The minimum Gasteiger partial charge on any atom is -0.384 e. The number of ketones is 1. The predicted molar refractivity (Wildman–Crippen MR) is 84.5 cm³/mol. The molecule has 3 N–H and O–H groups in total. The summed E-state index contributed by atoms with van der Waals surface area (Å²) in [6, 6.07) is 9.73. The highest BCUT2D eigenvalue weighted by Crippen LogP contribution is 2.05. The number of amidine groups is 1. The number of nitrogens with two attached hydrogens (primary N) is 1. The van der Waals surface area contributed by atoms with E-state index in [2.05, 4.69) is 20.9 Å². The molecule has 0 saturated heterocycles. The van der Waals surface area contributed by atoms with Crippen molar-refractivity contribution in [3.63, 3.8) is 0 Å². The van der Waals surface area contributed by atoms with Gasteiger partial charge in [0.1, 0.15) is 11.7 Å². The third-order valence-electron chi connectivity index (χ3n) is 2.47. The summed E-state index contributed by atoms with van der Waals surface area (Å²) >= 11 is 3.07. The first-order chi connectivity index (χ1) is 10.5. The van der Waals surface area contributed by atoms with Gasteiger partial charge >= 0.3 is 0 Å². The molecule has 2 rings (SSSR count). The van der Waals surface area contributed by atoms with E-state index < -0.39 is 5.82 Å². The first-order valence-corrected chi connectivity index (χ1v) is 7.14. The Balaban J connectivity index is 0.000000224. The summed E-state index contributed by atoms with van der Waals surface area (Å²) < 4.78 is 12.3. The quantitative estimate of drug-likeness (QED) is 0.379. The molecule has 112 valence electrons. The van der Waals surface area contributed by atoms with Gasteiger partial charge in [-0.25, -0.2) is 4.39 Å². The van der Waals surface area contributed by atoms with Crippen molar-refractivity contribution in [3.8, 4) is 6.07 Å². The topological polar surface area (TPSA) is 104 Å². The number of nitriles is 1. The molecule has 0 radical (unpaired) electrons. The minimum atomic E-state index is -0.479. The molecule has 0 aliphatic rings. The van der Waals surface area contributed by atoms with Crippen molar-refractivity contribution < 1.29 is 9.18 Å². The molecule has 22 heavy (non-hydrogen) atoms. The van der Waals surface area contributed by atoms with Crippen LogP contribution in [0.1, 0.15) is 21.5 Å². The van der Waals surface area contributed by atoms with Gasteiger partial charge in [-0.2, -0.15) is 5.26 Å². The van der Waals surface area contributed by atoms with Crippen LogP contribution in [0.3, 0.4) is 0 Å². The molecule has 0 aliphatic carbocycles. The molecule has 0 unspecified atom stereocenters. The van der Waals surface area contributed by atoms with E-state index in [1.54, 1.807) is 24.3 Å². The van der Waals surface area contributed by atoms with Crippen LogP contribution in [0, 0.1) is 22.6 Å². The van der Waals surface area contributed by atoms with Gasteiger partial charge < -0.3 is 5.73 Å². The normalized spacial score (nSPS) is 9.14. The SMILES string of the molecule is N#Cc1ccc(C(=O)CBr)cc1.N=C(N)c1cncc(F)c1. The van der Waals surface area contributed by atoms with Crippen LogP contribution in [0.25, 0.3) is 0 Å². The van der Waals surface area contributed by atoms with Crippen molar-refractivity contribution in [2.75, 3.05) is 5.33 Å². The molecule has 0 spiro atoms. The lowest BCUT2D eigenvalue weighted by Gasteiger charge is -1.95. The van der Waals surface area contributed by atoms with Crippen LogP contribution in [0.2, 0.25) is 0 Å². The number of Topliss-reactive ketones (excluding diaryl/α,β-unsaturated/α-hetero) is 1. The number of pyridine rings is 1. The summed E-state index contributed by atoms with van der Waals surface area (Å²) in [7, 11) is 0. The lowest BCUT2D eigenvalue weighted by molar-refractivity contribution is 0.102. The van der Waals surface area contributed by atoms with Crippen LogP contribution in [0.5, 0.6) is 0 Å². The molecule has 7 heteroatoms. The molecule has 5 nitrogen and oxygen atoms in total. The molecule has 0 fully saturated rings. The van der Waals surface area contributed by atoms with Gasteiger partial charge in [0.25, 0.3) is 0 Å². The van der Waals surface area contributed by atoms with Gasteiger partial charge in [-0.3, -0.25) is 15.2 Å². The van der Waals surface area contributed by atoms with E-state index in [1.165, 1.54) is 6.20 Å². The Morgan fingerprint density at radius 3 is 2.36 bits per heavy atom. The van der Waals surface area contributed by atoms with Gasteiger partial charge in [-0.15, -0.1) is 0 Å². The first-order valence-electron chi connectivity index (χ1n) is 6.02. The van der Waals surface area contributed by atoms with Crippen molar-refractivity contribution in [1.29, 1.82) is 10.7 Å². The number of alkyl halides is 1. The van der Waals surface area contributed by atoms with Crippen LogP contribution < -0.4 is 5.73 Å². The van der Waals surface area contributed by atoms with E-state index in [4.69, 9.17) is 16.4 Å². The van der Waals surface area contributed by atoms with E-state index in [0.29, 0.717) is 22.0 Å². The summed E-state index contributed by atoms with van der Waals surface area (Å²) in [6.45, 7) is 0. The maximum Gasteiger partial charge on any atom is 0.173 e. The largest absolute Gasteiger partial charge is 0.384 e. The molecule has 2 aromatic rings. The monoisotopic (exact) mass is 362 g/mol. The van der Waals surface area contributed by atoms with Gasteiger partial charge in [0, 0.05) is 17.3 Å². The Morgan fingerprint density at radius 1 is 1.32 bits per heavy atom. The van der Waals surface area contributed by atoms with Gasteiger partial charge in [-0.05, 0) is 18.2 Å². The van der Waals surface area contributed by atoms with Crippen molar-refractivity contribution in [3.05, 3.63) is 65.2 Å². The Labute approximate surface area is 135 Å². The number of nitrogens with one attached hydrogen (secondary N) is 1. The fourth-order valence-electron chi connectivity index (χ4n) is 1.37. The molecule has 0 bridgehead atoms. The lowest BCUT2D eigenvalue weighted by atomic mass is 10.1. The molecular weight excluding hydrogens is 351 g/mol. The maximum absolute atomic E-state index is 12.3. The second-order valence-electron chi connectivity index (χ2n) is 4.05. The zero-order valence-electron chi connectivity index (χ0n) is 11.4. The van der Waals surface area contributed by atoms with Crippen molar-refractivity contribution in [1.82, 2.24) is 4.98 Å². The molecule has 1 aromatic heterocycles.